The zero-order valence-electron chi connectivity index (χ0n) is 9.50. The fourth-order valence-corrected chi connectivity index (χ4v) is 1.16. The van der Waals surface area contributed by atoms with Crippen molar-refractivity contribution in [2.75, 3.05) is 11.9 Å². The minimum atomic E-state index is -0.193. The quantitative estimate of drug-likeness (QED) is 0.742. The Morgan fingerprint density at radius 3 is 2.87 bits per heavy atom. The maximum Gasteiger partial charge on any atom is 0.320 e. The zero-order valence-corrected chi connectivity index (χ0v) is 9.50. The van der Waals surface area contributed by atoms with Crippen molar-refractivity contribution in [2.45, 2.75) is 26.7 Å². The first-order valence-corrected chi connectivity index (χ1v) is 5.19. The van der Waals surface area contributed by atoms with E-state index in [-0.39, 0.29) is 6.03 Å². The Morgan fingerprint density at radius 1 is 1.60 bits per heavy atom. The number of anilines is 1. The summed E-state index contributed by atoms with van der Waals surface area (Å²) in [6.45, 7) is 4.73. The van der Waals surface area contributed by atoms with E-state index in [1.165, 1.54) is 0 Å². The van der Waals surface area contributed by atoms with Crippen LogP contribution in [-0.2, 0) is 7.05 Å². The van der Waals surface area contributed by atoms with Crippen molar-refractivity contribution in [1.29, 1.82) is 0 Å². The van der Waals surface area contributed by atoms with Crippen molar-refractivity contribution in [2.24, 2.45) is 7.05 Å². The van der Waals surface area contributed by atoms with Crippen molar-refractivity contribution in [3.05, 3.63) is 11.8 Å². The Labute approximate surface area is 89.9 Å². The third-order valence-corrected chi connectivity index (χ3v) is 2.17. The number of carbonyl (C=O) groups is 1. The number of carbonyl (C=O) groups excluding carboxylic acids is 1. The summed E-state index contributed by atoms with van der Waals surface area (Å²) < 4.78 is 1.72. The van der Waals surface area contributed by atoms with Crippen molar-refractivity contribution in [3.63, 3.8) is 0 Å². The monoisotopic (exact) mass is 210 g/mol. The summed E-state index contributed by atoms with van der Waals surface area (Å²) in [5, 5.41) is 9.57. The van der Waals surface area contributed by atoms with Crippen LogP contribution in [0.4, 0.5) is 10.6 Å². The van der Waals surface area contributed by atoms with E-state index in [0.29, 0.717) is 12.4 Å². The smallest absolute Gasteiger partial charge is 0.320 e. The van der Waals surface area contributed by atoms with Crippen LogP contribution in [-0.4, -0.2) is 22.4 Å². The zero-order chi connectivity index (χ0) is 11.3. The number of hydrogen-bond donors (Lipinski definition) is 2. The lowest BCUT2D eigenvalue weighted by atomic mass is 10.3. The lowest BCUT2D eigenvalue weighted by Crippen LogP contribution is -2.29. The molecule has 5 heteroatoms. The highest BCUT2D eigenvalue weighted by molar-refractivity contribution is 5.88. The fraction of sp³-hybridized carbons (Fsp3) is 0.600. The molecule has 0 fully saturated rings. The lowest BCUT2D eigenvalue weighted by Gasteiger charge is -2.03. The number of nitrogens with one attached hydrogen (secondary N) is 2. The molecule has 0 aliphatic heterocycles. The summed E-state index contributed by atoms with van der Waals surface area (Å²) in [6, 6.07) is 1.64. The Hall–Kier alpha value is -1.52. The van der Waals surface area contributed by atoms with E-state index in [4.69, 9.17) is 0 Å². The third kappa shape index (κ3) is 3.61. The molecule has 0 aliphatic rings. The van der Waals surface area contributed by atoms with Gasteiger partial charge in [-0.15, -0.1) is 0 Å². The Bertz CT molecular complexity index is 313. The Kier molecular flexibility index (Phi) is 4.15. The van der Waals surface area contributed by atoms with Crippen LogP contribution in [0.25, 0.3) is 0 Å². The predicted molar refractivity (Wildman–Crippen MR) is 59.9 cm³/mol. The first-order chi connectivity index (χ1) is 7.13. The van der Waals surface area contributed by atoms with Gasteiger partial charge in [0, 0.05) is 25.4 Å². The lowest BCUT2D eigenvalue weighted by molar-refractivity contribution is 0.252. The van der Waals surface area contributed by atoms with Crippen LogP contribution in [0.3, 0.4) is 0 Å². The molecule has 1 heterocycles. The van der Waals surface area contributed by atoms with Crippen molar-refractivity contribution in [1.82, 2.24) is 15.1 Å². The molecule has 84 valence electrons. The normalized spacial score (nSPS) is 10.1. The largest absolute Gasteiger partial charge is 0.338 e. The van der Waals surface area contributed by atoms with E-state index in [1.807, 2.05) is 20.0 Å². The first kappa shape index (κ1) is 11.6. The van der Waals surface area contributed by atoms with Crippen molar-refractivity contribution >= 4 is 11.8 Å². The molecule has 0 bridgehead atoms. The molecule has 1 aromatic heterocycles. The van der Waals surface area contributed by atoms with Crippen LogP contribution in [0.15, 0.2) is 6.07 Å². The fourth-order valence-electron chi connectivity index (χ4n) is 1.16. The van der Waals surface area contributed by atoms with Gasteiger partial charge in [0.05, 0.1) is 0 Å². The van der Waals surface area contributed by atoms with Crippen LogP contribution < -0.4 is 10.6 Å². The molecule has 0 unspecified atom stereocenters. The van der Waals surface area contributed by atoms with Gasteiger partial charge in [-0.1, -0.05) is 13.3 Å². The minimum absolute atomic E-state index is 0.193. The molecule has 15 heavy (non-hydrogen) atoms. The van der Waals surface area contributed by atoms with E-state index in [0.717, 1.165) is 18.5 Å². The average Bonchev–Trinajstić information content (AvgIpc) is 2.46. The maximum atomic E-state index is 11.3. The van der Waals surface area contributed by atoms with Gasteiger partial charge in [0.15, 0.2) is 5.82 Å². The van der Waals surface area contributed by atoms with Gasteiger partial charge >= 0.3 is 6.03 Å². The summed E-state index contributed by atoms with van der Waals surface area (Å²) in [7, 11) is 1.84. The van der Waals surface area contributed by atoms with Gasteiger partial charge in [-0.25, -0.2) is 4.79 Å². The highest BCUT2D eigenvalue weighted by atomic mass is 16.2. The van der Waals surface area contributed by atoms with E-state index < -0.39 is 0 Å². The number of urea groups is 1. The average molecular weight is 210 g/mol. The van der Waals surface area contributed by atoms with Gasteiger partial charge in [-0.2, -0.15) is 5.10 Å². The second-order valence-corrected chi connectivity index (χ2v) is 3.53. The highest BCUT2D eigenvalue weighted by Crippen LogP contribution is 2.05. The van der Waals surface area contributed by atoms with Gasteiger partial charge in [0.25, 0.3) is 0 Å². The second-order valence-electron chi connectivity index (χ2n) is 3.53. The molecule has 2 N–H and O–H groups in total. The Morgan fingerprint density at radius 2 is 2.33 bits per heavy atom. The minimum Gasteiger partial charge on any atom is -0.338 e. The van der Waals surface area contributed by atoms with Gasteiger partial charge in [-0.05, 0) is 13.3 Å². The molecular weight excluding hydrogens is 192 g/mol. The van der Waals surface area contributed by atoms with Gasteiger partial charge < -0.3 is 5.32 Å². The topological polar surface area (TPSA) is 59.0 Å². The summed E-state index contributed by atoms with van der Waals surface area (Å²) in [4.78, 5) is 11.3. The number of unbranched alkanes of at least 4 members (excludes halogenated alkanes) is 1. The first-order valence-electron chi connectivity index (χ1n) is 5.19. The second kappa shape index (κ2) is 5.38. The molecule has 0 radical (unpaired) electrons. The van der Waals surface area contributed by atoms with Crippen molar-refractivity contribution in [3.8, 4) is 0 Å². The van der Waals surface area contributed by atoms with Crippen LogP contribution in [0.1, 0.15) is 25.5 Å². The molecule has 0 aromatic carbocycles. The number of hydrogen-bond acceptors (Lipinski definition) is 2. The molecule has 0 spiro atoms. The van der Waals surface area contributed by atoms with Crippen LogP contribution in [0.2, 0.25) is 0 Å². The number of rotatable bonds is 4. The molecule has 5 nitrogen and oxygen atoms in total. The van der Waals surface area contributed by atoms with E-state index in [1.54, 1.807) is 4.68 Å². The third-order valence-electron chi connectivity index (χ3n) is 2.17. The SMILES string of the molecule is CCCCNC(=O)Nc1cc(C)n(C)n1. The summed E-state index contributed by atoms with van der Waals surface area (Å²) in [6.07, 6.45) is 2.07. The highest BCUT2D eigenvalue weighted by Gasteiger charge is 2.04. The number of aryl methyl sites for hydroxylation is 2. The van der Waals surface area contributed by atoms with Gasteiger partial charge in [0.1, 0.15) is 0 Å². The van der Waals surface area contributed by atoms with E-state index >= 15 is 0 Å². The molecule has 0 saturated heterocycles. The van der Waals surface area contributed by atoms with Crippen LogP contribution in [0.5, 0.6) is 0 Å². The van der Waals surface area contributed by atoms with Crippen molar-refractivity contribution < 1.29 is 4.79 Å². The molecule has 0 atom stereocenters. The van der Waals surface area contributed by atoms with E-state index in [9.17, 15) is 4.79 Å². The summed E-state index contributed by atoms with van der Waals surface area (Å²) in [5.41, 5.74) is 1.01. The summed E-state index contributed by atoms with van der Waals surface area (Å²) in [5.74, 6) is 0.587. The maximum absolute atomic E-state index is 11.3. The van der Waals surface area contributed by atoms with Gasteiger partial charge in [0.2, 0.25) is 0 Å². The molecule has 1 rings (SSSR count). The predicted octanol–water partition coefficient (Wildman–Crippen LogP) is 1.65. The number of amides is 2. The Balaban J connectivity index is 2.37. The van der Waals surface area contributed by atoms with Gasteiger partial charge in [-0.3, -0.25) is 10.00 Å². The van der Waals surface area contributed by atoms with Crippen LogP contribution in [0, 0.1) is 6.92 Å². The molecule has 0 aliphatic carbocycles. The van der Waals surface area contributed by atoms with E-state index in [2.05, 4.69) is 22.7 Å². The standard InChI is InChI=1S/C10H18N4O/c1-4-5-6-11-10(15)12-9-7-8(2)14(3)13-9/h7H,4-6H2,1-3H3,(H2,11,12,13,15). The molecule has 1 aromatic rings. The number of nitrogens with zero attached hydrogens (tertiary/aromatic N) is 2. The molecule has 2 amide bonds. The molecular formula is C10H18N4O. The summed E-state index contributed by atoms with van der Waals surface area (Å²) >= 11 is 0. The van der Waals surface area contributed by atoms with Crippen LogP contribution >= 0.6 is 0 Å². The molecule has 0 saturated carbocycles. The number of aromatic nitrogens is 2.